The highest BCUT2D eigenvalue weighted by molar-refractivity contribution is 5.81. The van der Waals surface area contributed by atoms with Crippen molar-refractivity contribution in [2.75, 3.05) is 0 Å². The molecule has 0 radical (unpaired) electrons. The van der Waals surface area contributed by atoms with E-state index in [4.69, 9.17) is 52.1 Å². The van der Waals surface area contributed by atoms with Crippen molar-refractivity contribution in [1.29, 1.82) is 0 Å². The molecule has 22 nitrogen and oxygen atoms in total. The van der Waals surface area contributed by atoms with Crippen molar-refractivity contribution >= 4 is 65.7 Å². The lowest BCUT2D eigenvalue weighted by Crippen LogP contribution is -2.58. The second-order valence-electron chi connectivity index (χ2n) is 54.4. The number of fused-ring (bicyclic) bond motifs is 3. The van der Waals surface area contributed by atoms with Gasteiger partial charge in [-0.2, -0.15) is 0 Å². The van der Waals surface area contributed by atoms with Gasteiger partial charge in [-0.05, 0) is 389 Å². The van der Waals surface area contributed by atoms with E-state index in [9.17, 15) is 52.7 Å². The first-order valence-electron chi connectivity index (χ1n) is 57.5. The molecule has 0 spiro atoms. The molecule has 3 heterocycles. The summed E-state index contributed by atoms with van der Waals surface area (Å²) in [5.74, 6) is 7.04. The average Bonchev–Trinajstić information content (AvgIpc) is 1.68. The van der Waals surface area contributed by atoms with E-state index < -0.39 is 0 Å². The SMILES string of the molecule is CCC(C)(C)C(=O)OC(C)(C)C12CC3CC(CC(C3)C1)C2.CCC(C)(C)C(=O)OC(C)(C)C12CC3CC(CC(C3)C1)C2.CCC(C)(C)C(=O)OC1(C(C)(C)C)CCCC1.CCC(C)(C)C(=O)OC1(C(C)C)CCCC1.CCC(C)C(=O)OC1C2CC3C(=O)OC1C3C2.CCC(C)C(=O)OC1C2CC3C(=O)OC1C3C2.CCC(C)C(=O)OC1C2CC3C(=O)OC1C3C2.CCC1(OC(=O)C(C)(C)CC)CCCCC1. The minimum atomic E-state index is -0.362. The molecule has 0 amide bonds. The van der Waals surface area contributed by atoms with Gasteiger partial charge >= 0.3 is 65.7 Å². The topological polar surface area (TPSA) is 289 Å². The molecule has 0 aromatic rings. The summed E-state index contributed by atoms with van der Waals surface area (Å²) in [4.78, 5) is 132. The van der Waals surface area contributed by atoms with E-state index in [2.05, 4.69) is 83.1 Å². The fourth-order valence-electron chi connectivity index (χ4n) is 28.2. The van der Waals surface area contributed by atoms with Crippen LogP contribution in [0.15, 0.2) is 0 Å². The number of rotatable bonds is 28. The van der Waals surface area contributed by atoms with Crippen LogP contribution in [0, 0.1) is 156 Å². The Morgan fingerprint density at radius 3 is 0.845 bits per heavy atom. The molecule has 17 aliphatic carbocycles. The molecule has 3 saturated heterocycles. The normalized spacial score (nSPS) is 34.1. The third kappa shape index (κ3) is 25.1. The molecule has 20 fully saturated rings. The highest BCUT2D eigenvalue weighted by Gasteiger charge is 2.68. The minimum absolute atomic E-state index is 0.00857. The van der Waals surface area contributed by atoms with Crippen LogP contribution in [0.25, 0.3) is 0 Å². The van der Waals surface area contributed by atoms with Gasteiger partial charge in [-0.1, -0.05) is 124 Å². The Morgan fingerprint density at radius 2 is 0.585 bits per heavy atom. The maximum atomic E-state index is 12.6. The standard InChI is InChI=1S/2C19H32O2.C15H28O2.2C14H26O2.3C13H18O4/c2*1-6-17(2,3)16(20)21-18(4,5)19-10-13-7-14(11-19)9-15(8-13)12-19;1-7-14(5,6)12(16)17-15(13(2,3)4)10-8-9-11-15;1-6-13(4,5)12(15)16-14(11(2)3)9-7-8-10-14;1-5-13(3,4)12(15)16-14(6-2)10-8-7-9-11-14;3*1-3-6(2)12(14)16-10-7-4-8-9(5-7)13(15)17-11(8)10/h2*13-15H,6-12H2,1-5H3;7-11H2,1-6H3;11H,6-10H2,1-5H3;5-11H2,1-4H3;3*6-11H,3-5H2,1-2H3. The number of ether oxygens (including phenoxy) is 11. The molecule has 22 heteroatoms. The fourth-order valence-corrected chi connectivity index (χ4v) is 28.2. The average molecular weight is 1990 g/mol. The number of carbonyl (C=O) groups excluding carboxylic acids is 11. The highest BCUT2D eigenvalue weighted by atomic mass is 16.6. The van der Waals surface area contributed by atoms with E-state index in [-0.39, 0.29) is 209 Å². The Kier molecular flexibility index (Phi) is 37.3. The Hall–Kier alpha value is -5.83. The zero-order valence-corrected chi connectivity index (χ0v) is 94.7. The molecule has 0 aromatic heterocycles. The third-order valence-electron chi connectivity index (χ3n) is 41.1. The number of hydrogen-bond acceptors (Lipinski definition) is 22. The van der Waals surface area contributed by atoms with Crippen LogP contribution >= 0.6 is 0 Å². The predicted octanol–water partition coefficient (Wildman–Crippen LogP) is 26.8. The van der Waals surface area contributed by atoms with E-state index in [0.29, 0.717) is 41.4 Å². The molecule has 17 saturated carbocycles. The van der Waals surface area contributed by atoms with Gasteiger partial charge in [0.2, 0.25) is 0 Å². The van der Waals surface area contributed by atoms with E-state index in [0.717, 1.165) is 170 Å². The van der Waals surface area contributed by atoms with Crippen molar-refractivity contribution in [2.45, 2.75) is 536 Å². The Labute approximate surface area is 857 Å². The van der Waals surface area contributed by atoms with Gasteiger partial charge in [0.1, 0.15) is 64.6 Å². The second kappa shape index (κ2) is 45.5. The summed E-state index contributed by atoms with van der Waals surface area (Å²) in [6.45, 7) is 63.4. The van der Waals surface area contributed by atoms with Gasteiger partial charge in [0.25, 0.3) is 0 Å². The Morgan fingerprint density at radius 1 is 0.324 bits per heavy atom. The van der Waals surface area contributed by atoms with Crippen LogP contribution in [0.4, 0.5) is 0 Å². The molecule has 18 unspecified atom stereocenters. The van der Waals surface area contributed by atoms with Gasteiger partial charge in [-0.15, -0.1) is 0 Å². The maximum absolute atomic E-state index is 12.6. The van der Waals surface area contributed by atoms with Crippen LogP contribution in [0.2, 0.25) is 0 Å². The molecule has 20 rings (SSSR count). The lowest BCUT2D eigenvalue weighted by Gasteiger charge is -2.61. The number of hydrogen-bond donors (Lipinski definition) is 0. The number of esters is 11. The first kappa shape index (κ1) is 116. The molecule has 3 aliphatic heterocycles. The van der Waals surface area contributed by atoms with Crippen molar-refractivity contribution in [1.82, 2.24) is 0 Å². The van der Waals surface area contributed by atoms with Crippen LogP contribution in [-0.4, -0.2) is 130 Å². The zero-order chi connectivity index (χ0) is 105. The van der Waals surface area contributed by atoms with E-state index in [1.54, 1.807) is 0 Å². The van der Waals surface area contributed by atoms with E-state index >= 15 is 0 Å². The molecule has 0 N–H and O–H groups in total. The first-order valence-corrected chi connectivity index (χ1v) is 57.5. The van der Waals surface area contributed by atoms with Crippen molar-refractivity contribution in [2.24, 2.45) is 156 Å². The molecular weight excluding hydrogens is 1790 g/mol. The zero-order valence-electron chi connectivity index (χ0n) is 94.7. The molecule has 142 heavy (non-hydrogen) atoms. The van der Waals surface area contributed by atoms with E-state index in [1.807, 2.05) is 132 Å². The summed E-state index contributed by atoms with van der Waals surface area (Å²) in [5, 5.41) is 0. The maximum Gasteiger partial charge on any atom is 0.312 e. The van der Waals surface area contributed by atoms with Gasteiger partial charge in [0.05, 0.1) is 62.6 Å². The Bertz CT molecular complexity index is 4020. The summed E-state index contributed by atoms with van der Waals surface area (Å²) < 4.78 is 62.7. The van der Waals surface area contributed by atoms with Gasteiger partial charge in [-0.25, -0.2) is 0 Å². The summed E-state index contributed by atoms with van der Waals surface area (Å²) in [6, 6.07) is 0. The smallest absolute Gasteiger partial charge is 0.312 e. The molecule has 18 atom stereocenters. The summed E-state index contributed by atoms with van der Waals surface area (Å²) in [5.41, 5.74) is -2.42. The first-order chi connectivity index (χ1) is 66.1. The van der Waals surface area contributed by atoms with Crippen LogP contribution in [0.3, 0.4) is 0 Å². The second-order valence-corrected chi connectivity index (χ2v) is 54.4. The van der Waals surface area contributed by atoms with Crippen molar-refractivity contribution in [3.05, 3.63) is 0 Å². The monoisotopic (exact) mass is 1990 g/mol. The van der Waals surface area contributed by atoms with Crippen LogP contribution < -0.4 is 0 Å². The summed E-state index contributed by atoms with van der Waals surface area (Å²) in [7, 11) is 0. The van der Waals surface area contributed by atoms with Crippen molar-refractivity contribution < 1.29 is 105 Å². The predicted molar refractivity (Wildman–Crippen MR) is 550 cm³/mol. The minimum Gasteiger partial charge on any atom is -0.459 e. The van der Waals surface area contributed by atoms with Crippen LogP contribution in [-0.2, 0) is 105 Å². The lowest BCUT2D eigenvalue weighted by molar-refractivity contribution is -0.206. The lowest BCUT2D eigenvalue weighted by atomic mass is 9.46. The highest BCUT2D eigenvalue weighted by Crippen LogP contribution is 2.67. The van der Waals surface area contributed by atoms with Crippen molar-refractivity contribution in [3.63, 3.8) is 0 Å². The summed E-state index contributed by atoms with van der Waals surface area (Å²) >= 11 is 0. The molecule has 0 aromatic carbocycles. The largest absolute Gasteiger partial charge is 0.459 e. The van der Waals surface area contributed by atoms with E-state index in [1.165, 1.54) is 122 Å². The fraction of sp³-hybridized carbons (Fsp3) is 0.908. The number of carbonyl (C=O) groups is 11. The van der Waals surface area contributed by atoms with Crippen LogP contribution in [0.5, 0.6) is 0 Å². The summed E-state index contributed by atoms with van der Waals surface area (Å²) in [6.07, 6.45) is 42.9. The van der Waals surface area contributed by atoms with Gasteiger partial charge in [0.15, 0.2) is 0 Å². The molecule has 20 aliphatic rings. The van der Waals surface area contributed by atoms with Gasteiger partial charge in [-0.3, -0.25) is 52.7 Å². The van der Waals surface area contributed by atoms with Gasteiger partial charge < -0.3 is 52.1 Å². The van der Waals surface area contributed by atoms with Crippen molar-refractivity contribution in [3.8, 4) is 0 Å². The Balaban J connectivity index is 0.000000155. The molecular formula is C120H198O22. The third-order valence-corrected chi connectivity index (χ3v) is 41.1. The van der Waals surface area contributed by atoms with Gasteiger partial charge in [0, 0.05) is 51.8 Å². The molecule has 810 valence electrons. The molecule has 14 bridgehead atoms. The quantitative estimate of drug-likeness (QED) is 0.0519. The van der Waals surface area contributed by atoms with Crippen LogP contribution in [0.1, 0.15) is 471 Å².